The average Bonchev–Trinajstić information content (AvgIpc) is 3.22. The monoisotopic (exact) mass is 393 g/mol. The van der Waals surface area contributed by atoms with Crippen molar-refractivity contribution < 1.29 is 4.79 Å². The molecule has 0 aliphatic carbocycles. The minimum Gasteiger partial charge on any atom is -0.369 e. The lowest BCUT2D eigenvalue weighted by atomic mass is 10.2. The maximum atomic E-state index is 12.1. The molecule has 1 atom stereocenters. The molecule has 0 radical (unpaired) electrons. The molecular formula is C23H31N5O. The highest BCUT2D eigenvalue weighted by atomic mass is 16.1. The molecule has 29 heavy (non-hydrogen) atoms. The molecule has 1 amide bonds. The average molecular weight is 394 g/mol. The Morgan fingerprint density at radius 2 is 1.79 bits per heavy atom. The summed E-state index contributed by atoms with van der Waals surface area (Å²) in [5.74, 6) is 0.799. The standard InChI is InChI=1S/C23H31N5O/c1-2-24-23(25-15-13-22(29)26-17-19-9-5-3-6-10-19)27-20-14-16-28(18-20)21-11-7-4-8-12-21/h3-12,20H,2,13-18H2,1H3,(H,26,29)(H2,24,25,27). The summed E-state index contributed by atoms with van der Waals surface area (Å²) in [5.41, 5.74) is 2.36. The molecule has 0 saturated carbocycles. The van der Waals surface area contributed by atoms with Gasteiger partial charge in [0.15, 0.2) is 5.96 Å². The number of para-hydroxylation sites is 1. The number of benzene rings is 2. The van der Waals surface area contributed by atoms with E-state index in [0.29, 0.717) is 25.6 Å². The first-order valence-electron chi connectivity index (χ1n) is 10.4. The molecule has 0 aromatic heterocycles. The zero-order chi connectivity index (χ0) is 20.3. The Balaban J connectivity index is 1.43. The number of guanidine groups is 1. The van der Waals surface area contributed by atoms with E-state index in [1.165, 1.54) is 5.69 Å². The summed E-state index contributed by atoms with van der Waals surface area (Å²) in [4.78, 5) is 19.0. The molecule has 1 aliphatic heterocycles. The zero-order valence-corrected chi connectivity index (χ0v) is 17.1. The van der Waals surface area contributed by atoms with Crippen molar-refractivity contribution in [2.24, 2.45) is 4.99 Å². The third-order valence-electron chi connectivity index (χ3n) is 4.94. The normalized spacial score (nSPS) is 16.5. The summed E-state index contributed by atoms with van der Waals surface area (Å²) in [5, 5.41) is 9.74. The van der Waals surface area contributed by atoms with E-state index in [4.69, 9.17) is 0 Å². The third-order valence-corrected chi connectivity index (χ3v) is 4.94. The minimum atomic E-state index is 0.0181. The maximum absolute atomic E-state index is 12.1. The van der Waals surface area contributed by atoms with Crippen LogP contribution in [0.5, 0.6) is 0 Å². The van der Waals surface area contributed by atoms with Crippen LogP contribution in [0.25, 0.3) is 0 Å². The van der Waals surface area contributed by atoms with Gasteiger partial charge in [-0.2, -0.15) is 0 Å². The van der Waals surface area contributed by atoms with Gasteiger partial charge in [-0.15, -0.1) is 0 Å². The van der Waals surface area contributed by atoms with Crippen LogP contribution in [-0.4, -0.2) is 44.1 Å². The Kier molecular flexibility index (Phi) is 7.92. The van der Waals surface area contributed by atoms with E-state index < -0.39 is 0 Å². The van der Waals surface area contributed by atoms with E-state index >= 15 is 0 Å². The Labute approximate surface area is 173 Å². The van der Waals surface area contributed by atoms with Crippen molar-refractivity contribution in [1.82, 2.24) is 16.0 Å². The van der Waals surface area contributed by atoms with Gasteiger partial charge < -0.3 is 20.9 Å². The number of nitrogens with zero attached hydrogens (tertiary/aromatic N) is 2. The molecule has 0 bridgehead atoms. The van der Waals surface area contributed by atoms with Gasteiger partial charge in [0.05, 0.1) is 6.54 Å². The lowest BCUT2D eigenvalue weighted by molar-refractivity contribution is -0.121. The van der Waals surface area contributed by atoms with E-state index in [1.807, 2.05) is 36.4 Å². The van der Waals surface area contributed by atoms with Gasteiger partial charge in [0.2, 0.25) is 5.91 Å². The molecule has 2 aromatic rings. The molecular weight excluding hydrogens is 362 g/mol. The first-order chi connectivity index (χ1) is 14.2. The Bertz CT molecular complexity index is 778. The van der Waals surface area contributed by atoms with E-state index in [2.05, 4.69) is 57.0 Å². The minimum absolute atomic E-state index is 0.0181. The Morgan fingerprint density at radius 3 is 2.52 bits per heavy atom. The van der Waals surface area contributed by atoms with E-state index in [0.717, 1.165) is 37.6 Å². The van der Waals surface area contributed by atoms with Crippen LogP contribution in [0, 0.1) is 0 Å². The first kappa shape index (κ1) is 20.7. The topological polar surface area (TPSA) is 68.8 Å². The van der Waals surface area contributed by atoms with Crippen LogP contribution in [0.4, 0.5) is 5.69 Å². The molecule has 2 aromatic carbocycles. The summed E-state index contributed by atoms with van der Waals surface area (Å²) in [6.45, 7) is 5.84. The fraction of sp³-hybridized carbons (Fsp3) is 0.391. The van der Waals surface area contributed by atoms with Crippen LogP contribution in [0.1, 0.15) is 25.3 Å². The van der Waals surface area contributed by atoms with E-state index in [9.17, 15) is 4.79 Å². The molecule has 1 aliphatic rings. The highest BCUT2D eigenvalue weighted by Gasteiger charge is 2.23. The summed E-state index contributed by atoms with van der Waals surface area (Å²) in [7, 11) is 0. The van der Waals surface area contributed by atoms with E-state index in [1.54, 1.807) is 0 Å². The van der Waals surface area contributed by atoms with Crippen molar-refractivity contribution in [1.29, 1.82) is 0 Å². The molecule has 6 nitrogen and oxygen atoms in total. The van der Waals surface area contributed by atoms with Crippen LogP contribution in [0.3, 0.4) is 0 Å². The second-order valence-electron chi connectivity index (χ2n) is 7.18. The highest BCUT2D eigenvalue weighted by Crippen LogP contribution is 2.19. The third kappa shape index (κ3) is 6.82. The lowest BCUT2D eigenvalue weighted by Crippen LogP contribution is -2.44. The molecule has 3 rings (SSSR count). The van der Waals surface area contributed by atoms with Crippen LogP contribution in [0.15, 0.2) is 65.7 Å². The number of carbonyl (C=O) groups excluding carboxylic acids is 1. The lowest BCUT2D eigenvalue weighted by Gasteiger charge is -2.20. The molecule has 1 heterocycles. The molecule has 1 unspecified atom stereocenters. The predicted octanol–water partition coefficient (Wildman–Crippen LogP) is 2.53. The Hall–Kier alpha value is -3.02. The zero-order valence-electron chi connectivity index (χ0n) is 17.1. The van der Waals surface area contributed by atoms with Gasteiger partial charge in [-0.3, -0.25) is 9.79 Å². The fourth-order valence-electron chi connectivity index (χ4n) is 3.42. The number of hydrogen-bond donors (Lipinski definition) is 3. The van der Waals surface area contributed by atoms with Gasteiger partial charge >= 0.3 is 0 Å². The second-order valence-corrected chi connectivity index (χ2v) is 7.18. The maximum Gasteiger partial charge on any atom is 0.222 e. The number of rotatable bonds is 8. The van der Waals surface area contributed by atoms with Gasteiger partial charge in [-0.25, -0.2) is 0 Å². The largest absolute Gasteiger partial charge is 0.369 e. The number of hydrogen-bond acceptors (Lipinski definition) is 3. The number of anilines is 1. The van der Waals surface area contributed by atoms with Gasteiger partial charge in [-0.1, -0.05) is 48.5 Å². The Morgan fingerprint density at radius 1 is 1.07 bits per heavy atom. The molecule has 154 valence electrons. The van der Waals surface area contributed by atoms with Gasteiger partial charge in [0, 0.05) is 44.3 Å². The van der Waals surface area contributed by atoms with Crippen molar-refractivity contribution in [2.45, 2.75) is 32.4 Å². The van der Waals surface area contributed by atoms with Crippen molar-refractivity contribution >= 4 is 17.6 Å². The summed E-state index contributed by atoms with van der Waals surface area (Å²) in [6.07, 6.45) is 1.45. The van der Waals surface area contributed by atoms with Crippen molar-refractivity contribution in [3.05, 3.63) is 66.2 Å². The molecule has 1 fully saturated rings. The SMILES string of the molecule is CCNC(=NCCC(=O)NCc1ccccc1)NC1CCN(c2ccccc2)C1. The van der Waals surface area contributed by atoms with Crippen molar-refractivity contribution in [2.75, 3.05) is 31.1 Å². The van der Waals surface area contributed by atoms with Crippen LogP contribution < -0.4 is 20.9 Å². The molecule has 0 spiro atoms. The number of carbonyl (C=O) groups is 1. The molecule has 6 heteroatoms. The predicted molar refractivity (Wildman–Crippen MR) is 119 cm³/mol. The van der Waals surface area contributed by atoms with Gasteiger partial charge in [-0.05, 0) is 31.0 Å². The van der Waals surface area contributed by atoms with Crippen LogP contribution in [0.2, 0.25) is 0 Å². The molecule has 3 N–H and O–H groups in total. The van der Waals surface area contributed by atoms with Gasteiger partial charge in [0.1, 0.15) is 0 Å². The fourth-order valence-corrected chi connectivity index (χ4v) is 3.42. The summed E-state index contributed by atoms with van der Waals surface area (Å²) in [6, 6.07) is 20.8. The number of amides is 1. The highest BCUT2D eigenvalue weighted by molar-refractivity contribution is 5.81. The number of nitrogens with one attached hydrogen (secondary N) is 3. The molecule has 1 saturated heterocycles. The van der Waals surface area contributed by atoms with Crippen molar-refractivity contribution in [3.8, 4) is 0 Å². The van der Waals surface area contributed by atoms with Crippen LogP contribution in [-0.2, 0) is 11.3 Å². The van der Waals surface area contributed by atoms with Gasteiger partial charge in [0.25, 0.3) is 0 Å². The first-order valence-corrected chi connectivity index (χ1v) is 10.4. The summed E-state index contributed by atoms with van der Waals surface area (Å²) >= 11 is 0. The van der Waals surface area contributed by atoms with Crippen molar-refractivity contribution in [3.63, 3.8) is 0 Å². The quantitative estimate of drug-likeness (QED) is 0.476. The second kappa shape index (κ2) is 11.1. The van der Waals surface area contributed by atoms with Crippen LogP contribution >= 0.6 is 0 Å². The smallest absolute Gasteiger partial charge is 0.222 e. The van der Waals surface area contributed by atoms with E-state index in [-0.39, 0.29) is 5.91 Å². The summed E-state index contributed by atoms with van der Waals surface area (Å²) < 4.78 is 0. The number of aliphatic imine (C=N–C) groups is 1.